The van der Waals surface area contributed by atoms with Gasteiger partial charge in [0, 0.05) is 13.1 Å². The van der Waals surface area contributed by atoms with E-state index in [2.05, 4.69) is 9.97 Å². The SMILES string of the molecule is O=C(O)c1[nH]cnc1C(=O)N1CCC[C@H](O)C1. The van der Waals surface area contributed by atoms with E-state index in [0.29, 0.717) is 19.4 Å². The van der Waals surface area contributed by atoms with Crippen LogP contribution in [0.15, 0.2) is 6.33 Å². The number of imidazole rings is 1. The minimum absolute atomic E-state index is 0.105. The van der Waals surface area contributed by atoms with Crippen LogP contribution in [0.5, 0.6) is 0 Å². The van der Waals surface area contributed by atoms with Gasteiger partial charge in [-0.3, -0.25) is 4.79 Å². The third kappa shape index (κ3) is 2.28. The molecule has 0 spiro atoms. The van der Waals surface area contributed by atoms with Gasteiger partial charge in [-0.05, 0) is 12.8 Å². The van der Waals surface area contributed by atoms with Gasteiger partial charge in [-0.15, -0.1) is 0 Å². The molecule has 1 aromatic heterocycles. The standard InChI is InChI=1S/C10H13N3O4/c14-6-2-1-3-13(4-6)9(15)7-8(10(16)17)12-5-11-7/h5-6,14H,1-4H2,(H,11,12)(H,16,17)/t6-/m0/s1. The van der Waals surface area contributed by atoms with E-state index in [1.807, 2.05) is 0 Å². The number of aromatic nitrogens is 2. The number of hydrogen-bond donors (Lipinski definition) is 3. The van der Waals surface area contributed by atoms with E-state index >= 15 is 0 Å². The average Bonchev–Trinajstić information content (AvgIpc) is 2.77. The molecule has 7 nitrogen and oxygen atoms in total. The fraction of sp³-hybridized carbons (Fsp3) is 0.500. The first-order valence-corrected chi connectivity index (χ1v) is 5.33. The van der Waals surface area contributed by atoms with Crippen molar-refractivity contribution >= 4 is 11.9 Å². The van der Waals surface area contributed by atoms with Gasteiger partial charge in [-0.25, -0.2) is 9.78 Å². The van der Waals surface area contributed by atoms with Crippen LogP contribution in [0.25, 0.3) is 0 Å². The molecule has 2 heterocycles. The van der Waals surface area contributed by atoms with Gasteiger partial charge < -0.3 is 20.1 Å². The Labute approximate surface area is 97.1 Å². The van der Waals surface area contributed by atoms with Gasteiger partial charge in [0.15, 0.2) is 11.4 Å². The molecule has 7 heteroatoms. The number of carbonyl (C=O) groups excluding carboxylic acids is 1. The number of aromatic carboxylic acids is 1. The number of carboxylic acid groups (broad SMARTS) is 1. The van der Waals surface area contributed by atoms with Gasteiger partial charge in [0.25, 0.3) is 5.91 Å². The van der Waals surface area contributed by atoms with Crippen molar-refractivity contribution < 1.29 is 19.8 Å². The summed E-state index contributed by atoms with van der Waals surface area (Å²) in [6.07, 6.45) is 2.01. The second-order valence-electron chi connectivity index (χ2n) is 3.98. The molecular formula is C10H13N3O4. The molecule has 1 saturated heterocycles. The molecule has 92 valence electrons. The van der Waals surface area contributed by atoms with Crippen molar-refractivity contribution in [3.8, 4) is 0 Å². The van der Waals surface area contributed by atoms with Gasteiger partial charge >= 0.3 is 5.97 Å². The lowest BCUT2D eigenvalue weighted by atomic mass is 10.1. The number of piperidine rings is 1. The summed E-state index contributed by atoms with van der Waals surface area (Å²) >= 11 is 0. The molecular weight excluding hydrogens is 226 g/mol. The summed E-state index contributed by atoms with van der Waals surface area (Å²) < 4.78 is 0. The molecule has 0 radical (unpaired) electrons. The lowest BCUT2D eigenvalue weighted by Gasteiger charge is -2.29. The molecule has 0 unspecified atom stereocenters. The summed E-state index contributed by atoms with van der Waals surface area (Å²) in [7, 11) is 0. The Morgan fingerprint density at radius 1 is 1.53 bits per heavy atom. The molecule has 0 aliphatic carbocycles. The van der Waals surface area contributed by atoms with Crippen LogP contribution in [0.2, 0.25) is 0 Å². The number of β-amino-alcohol motifs (C(OH)–C–C–N with tert-alkyl or cyclic N) is 1. The number of aliphatic hydroxyl groups excluding tert-OH is 1. The third-order valence-electron chi connectivity index (χ3n) is 2.74. The minimum Gasteiger partial charge on any atom is -0.477 e. The highest BCUT2D eigenvalue weighted by Gasteiger charge is 2.28. The molecule has 3 N–H and O–H groups in total. The van der Waals surface area contributed by atoms with E-state index in [-0.39, 0.29) is 17.9 Å². The molecule has 0 bridgehead atoms. The first kappa shape index (κ1) is 11.6. The van der Waals surface area contributed by atoms with Gasteiger partial charge in [0.1, 0.15) is 0 Å². The molecule has 1 atom stereocenters. The van der Waals surface area contributed by atoms with Crippen LogP contribution >= 0.6 is 0 Å². The quantitative estimate of drug-likeness (QED) is 0.657. The Bertz CT molecular complexity index is 443. The van der Waals surface area contributed by atoms with Crippen molar-refractivity contribution in [1.29, 1.82) is 0 Å². The lowest BCUT2D eigenvalue weighted by molar-refractivity contribution is 0.0464. The Kier molecular flexibility index (Phi) is 3.10. The van der Waals surface area contributed by atoms with E-state index < -0.39 is 18.0 Å². The third-order valence-corrected chi connectivity index (χ3v) is 2.74. The molecule has 1 fully saturated rings. The van der Waals surface area contributed by atoms with E-state index in [1.54, 1.807) is 0 Å². The summed E-state index contributed by atoms with van der Waals surface area (Å²) in [6.45, 7) is 0.743. The largest absolute Gasteiger partial charge is 0.477 e. The number of nitrogens with one attached hydrogen (secondary N) is 1. The van der Waals surface area contributed by atoms with Gasteiger partial charge in [-0.2, -0.15) is 0 Å². The first-order chi connectivity index (χ1) is 8.09. The maximum Gasteiger partial charge on any atom is 0.354 e. The zero-order valence-corrected chi connectivity index (χ0v) is 9.09. The van der Waals surface area contributed by atoms with Crippen LogP contribution < -0.4 is 0 Å². The van der Waals surface area contributed by atoms with Crippen molar-refractivity contribution in [2.45, 2.75) is 18.9 Å². The number of aliphatic hydroxyl groups is 1. The molecule has 0 saturated carbocycles. The topological polar surface area (TPSA) is 107 Å². The summed E-state index contributed by atoms with van der Waals surface area (Å²) in [5.74, 6) is -1.68. The number of nitrogens with zero attached hydrogens (tertiary/aromatic N) is 2. The number of aromatic amines is 1. The van der Waals surface area contributed by atoms with Gasteiger partial charge in [0.05, 0.1) is 12.4 Å². The van der Waals surface area contributed by atoms with Gasteiger partial charge in [-0.1, -0.05) is 0 Å². The van der Waals surface area contributed by atoms with Crippen LogP contribution in [0.3, 0.4) is 0 Å². The van der Waals surface area contributed by atoms with Crippen molar-refractivity contribution in [2.24, 2.45) is 0 Å². The molecule has 1 amide bonds. The van der Waals surface area contributed by atoms with Crippen LogP contribution in [0.1, 0.15) is 33.8 Å². The first-order valence-electron chi connectivity index (χ1n) is 5.33. The van der Waals surface area contributed by atoms with Crippen molar-refractivity contribution in [2.75, 3.05) is 13.1 Å². The number of H-pyrrole nitrogens is 1. The normalized spacial score (nSPS) is 20.3. The van der Waals surface area contributed by atoms with E-state index in [0.717, 1.165) is 0 Å². The van der Waals surface area contributed by atoms with Crippen LogP contribution in [0.4, 0.5) is 0 Å². The Morgan fingerprint density at radius 2 is 2.29 bits per heavy atom. The smallest absolute Gasteiger partial charge is 0.354 e. The number of rotatable bonds is 2. The fourth-order valence-corrected chi connectivity index (χ4v) is 1.91. The van der Waals surface area contributed by atoms with E-state index in [9.17, 15) is 14.7 Å². The molecule has 0 aromatic carbocycles. The molecule has 1 aromatic rings. The Balaban J connectivity index is 2.18. The summed E-state index contributed by atoms with van der Waals surface area (Å²) in [5, 5.41) is 18.3. The zero-order chi connectivity index (χ0) is 12.4. The second-order valence-corrected chi connectivity index (χ2v) is 3.98. The number of amides is 1. The van der Waals surface area contributed by atoms with Crippen molar-refractivity contribution in [3.63, 3.8) is 0 Å². The number of carboxylic acids is 1. The van der Waals surface area contributed by atoms with Crippen molar-refractivity contribution in [3.05, 3.63) is 17.7 Å². The monoisotopic (exact) mass is 239 g/mol. The van der Waals surface area contributed by atoms with Crippen LogP contribution in [-0.4, -0.2) is 56.2 Å². The predicted octanol–water partition coefficient (Wildman–Crippen LogP) is -0.295. The average molecular weight is 239 g/mol. The molecule has 1 aliphatic heterocycles. The second kappa shape index (κ2) is 4.54. The predicted molar refractivity (Wildman–Crippen MR) is 56.7 cm³/mol. The fourth-order valence-electron chi connectivity index (χ4n) is 1.91. The maximum absolute atomic E-state index is 12.0. The van der Waals surface area contributed by atoms with Crippen molar-refractivity contribution in [1.82, 2.24) is 14.9 Å². The molecule has 1 aliphatic rings. The summed E-state index contributed by atoms with van der Waals surface area (Å²) in [4.78, 5) is 30.4. The highest BCUT2D eigenvalue weighted by molar-refractivity contribution is 6.02. The van der Waals surface area contributed by atoms with Crippen LogP contribution in [0, 0.1) is 0 Å². The highest BCUT2D eigenvalue weighted by Crippen LogP contribution is 2.14. The maximum atomic E-state index is 12.0. The number of hydrogen-bond acceptors (Lipinski definition) is 4. The Hall–Kier alpha value is -1.89. The van der Waals surface area contributed by atoms with E-state index in [4.69, 9.17) is 5.11 Å². The number of carbonyl (C=O) groups is 2. The van der Waals surface area contributed by atoms with Crippen LogP contribution in [-0.2, 0) is 0 Å². The summed E-state index contributed by atoms with van der Waals surface area (Å²) in [5.41, 5.74) is -0.318. The highest BCUT2D eigenvalue weighted by atomic mass is 16.4. The van der Waals surface area contributed by atoms with E-state index in [1.165, 1.54) is 11.2 Å². The lowest BCUT2D eigenvalue weighted by Crippen LogP contribution is -2.42. The van der Waals surface area contributed by atoms with Gasteiger partial charge in [0.2, 0.25) is 0 Å². The zero-order valence-electron chi connectivity index (χ0n) is 9.09. The molecule has 2 rings (SSSR count). The summed E-state index contributed by atoms with van der Waals surface area (Å²) in [6, 6.07) is 0. The molecule has 17 heavy (non-hydrogen) atoms. The number of likely N-dealkylation sites (tertiary alicyclic amines) is 1. The Morgan fingerprint density at radius 3 is 2.94 bits per heavy atom. The minimum atomic E-state index is -1.22.